The fourth-order valence-electron chi connectivity index (χ4n) is 1.34. The van der Waals surface area contributed by atoms with Gasteiger partial charge in [0.05, 0.1) is 28.0 Å². The van der Waals surface area contributed by atoms with Crippen molar-refractivity contribution in [2.75, 3.05) is 0 Å². The second-order valence-corrected chi connectivity index (χ2v) is 4.26. The maximum absolute atomic E-state index is 10.9. The van der Waals surface area contributed by atoms with Gasteiger partial charge in [0.2, 0.25) is 5.75 Å². The van der Waals surface area contributed by atoms with E-state index in [4.69, 9.17) is 27.9 Å². The minimum Gasteiger partial charge on any atom is -0.479 e. The van der Waals surface area contributed by atoms with Gasteiger partial charge in [0.1, 0.15) is 11.8 Å². The van der Waals surface area contributed by atoms with E-state index in [0.29, 0.717) is 5.69 Å². The molecule has 0 aliphatic rings. The summed E-state index contributed by atoms with van der Waals surface area (Å²) in [7, 11) is 0. The van der Waals surface area contributed by atoms with Gasteiger partial charge < -0.3 is 4.74 Å². The van der Waals surface area contributed by atoms with Gasteiger partial charge in [-0.15, -0.1) is 0 Å². The molecule has 19 heavy (non-hydrogen) atoms. The minimum absolute atomic E-state index is 0.00548. The first-order valence-corrected chi connectivity index (χ1v) is 5.85. The monoisotopic (exact) mass is 299 g/mol. The Bertz CT molecular complexity index is 605. The molecule has 0 N–H and O–H groups in total. The summed E-state index contributed by atoms with van der Waals surface area (Å²) < 4.78 is 5.34. The zero-order valence-corrected chi connectivity index (χ0v) is 10.9. The molecule has 1 heterocycles. The maximum atomic E-state index is 10.9. The van der Waals surface area contributed by atoms with Crippen molar-refractivity contribution in [1.29, 1.82) is 0 Å². The standard InChI is InChI=1S/C11H7Cl2N3O3/c12-8-2-1-3-9(16(17)18)11(8)19-6-7-4-15-10(13)5-14-7/h1-5H,6H2. The predicted molar refractivity (Wildman–Crippen MR) is 69.5 cm³/mol. The van der Waals surface area contributed by atoms with E-state index >= 15 is 0 Å². The molecule has 98 valence electrons. The lowest BCUT2D eigenvalue weighted by atomic mass is 10.3. The summed E-state index contributed by atoms with van der Waals surface area (Å²) in [5.41, 5.74) is 0.285. The number of aromatic nitrogens is 2. The average molecular weight is 300 g/mol. The summed E-state index contributed by atoms with van der Waals surface area (Å²) in [6.45, 7) is 0.00867. The van der Waals surface area contributed by atoms with Gasteiger partial charge in [-0.05, 0) is 6.07 Å². The third-order valence-corrected chi connectivity index (χ3v) is 2.67. The first kappa shape index (κ1) is 13.5. The van der Waals surface area contributed by atoms with Crippen LogP contribution in [0.2, 0.25) is 10.2 Å². The summed E-state index contributed by atoms with van der Waals surface area (Å²) in [5.74, 6) is 0.00548. The molecule has 0 fully saturated rings. The molecule has 0 saturated carbocycles. The molecule has 0 unspecified atom stereocenters. The second-order valence-electron chi connectivity index (χ2n) is 3.46. The molecule has 0 atom stereocenters. The van der Waals surface area contributed by atoms with Crippen LogP contribution in [0.15, 0.2) is 30.6 Å². The highest BCUT2D eigenvalue weighted by molar-refractivity contribution is 6.32. The van der Waals surface area contributed by atoms with E-state index in [9.17, 15) is 10.1 Å². The highest BCUT2D eigenvalue weighted by Gasteiger charge is 2.18. The molecule has 6 nitrogen and oxygen atoms in total. The van der Waals surface area contributed by atoms with Gasteiger partial charge in [0.15, 0.2) is 0 Å². The molecule has 0 radical (unpaired) electrons. The van der Waals surface area contributed by atoms with Gasteiger partial charge in [-0.2, -0.15) is 0 Å². The summed E-state index contributed by atoms with van der Waals surface area (Å²) >= 11 is 11.5. The van der Waals surface area contributed by atoms with E-state index in [1.807, 2.05) is 0 Å². The van der Waals surface area contributed by atoms with Gasteiger partial charge in [0.25, 0.3) is 0 Å². The number of hydrogen-bond donors (Lipinski definition) is 0. The summed E-state index contributed by atoms with van der Waals surface area (Å²) in [6, 6.07) is 4.31. The number of nitro benzene ring substituents is 1. The normalized spacial score (nSPS) is 10.2. The number of benzene rings is 1. The third kappa shape index (κ3) is 3.30. The number of ether oxygens (including phenoxy) is 1. The topological polar surface area (TPSA) is 78.2 Å². The predicted octanol–water partition coefficient (Wildman–Crippen LogP) is 3.27. The van der Waals surface area contributed by atoms with Crippen LogP contribution in [-0.2, 0) is 6.61 Å². The van der Waals surface area contributed by atoms with Crippen molar-refractivity contribution in [3.05, 3.63) is 56.6 Å². The van der Waals surface area contributed by atoms with Gasteiger partial charge >= 0.3 is 5.69 Å². The van der Waals surface area contributed by atoms with Crippen molar-refractivity contribution in [2.24, 2.45) is 0 Å². The molecule has 0 aliphatic carbocycles. The Morgan fingerprint density at radius 3 is 2.68 bits per heavy atom. The molecule has 1 aromatic heterocycles. The molecule has 0 saturated heterocycles. The van der Waals surface area contributed by atoms with Crippen LogP contribution >= 0.6 is 23.2 Å². The largest absolute Gasteiger partial charge is 0.479 e. The molecular weight excluding hydrogens is 293 g/mol. The van der Waals surface area contributed by atoms with Gasteiger partial charge in [-0.3, -0.25) is 15.1 Å². The first-order valence-electron chi connectivity index (χ1n) is 5.10. The molecule has 0 bridgehead atoms. The second kappa shape index (κ2) is 5.81. The zero-order valence-electron chi connectivity index (χ0n) is 9.42. The number of hydrogen-bond acceptors (Lipinski definition) is 5. The molecule has 1 aromatic carbocycles. The van der Waals surface area contributed by atoms with Crippen LogP contribution in [0.5, 0.6) is 5.75 Å². The molecule has 0 aliphatic heterocycles. The number of para-hydroxylation sites is 1. The number of rotatable bonds is 4. The molecule has 0 spiro atoms. The number of nitrogens with zero attached hydrogens (tertiary/aromatic N) is 3. The van der Waals surface area contributed by atoms with Crippen molar-refractivity contribution < 1.29 is 9.66 Å². The van der Waals surface area contributed by atoms with Crippen molar-refractivity contribution >= 4 is 28.9 Å². The smallest absolute Gasteiger partial charge is 0.312 e. The van der Waals surface area contributed by atoms with Crippen molar-refractivity contribution in [3.8, 4) is 5.75 Å². The van der Waals surface area contributed by atoms with Crippen molar-refractivity contribution in [3.63, 3.8) is 0 Å². The summed E-state index contributed by atoms with van der Waals surface area (Å²) in [5, 5.41) is 11.3. The maximum Gasteiger partial charge on any atom is 0.312 e. The van der Waals surface area contributed by atoms with Crippen molar-refractivity contribution in [2.45, 2.75) is 6.61 Å². The zero-order chi connectivity index (χ0) is 13.8. The number of nitro groups is 1. The van der Waals surface area contributed by atoms with Gasteiger partial charge in [0, 0.05) is 6.07 Å². The molecular formula is C11H7Cl2N3O3. The van der Waals surface area contributed by atoms with Crippen LogP contribution in [0.3, 0.4) is 0 Å². The Morgan fingerprint density at radius 1 is 1.26 bits per heavy atom. The fraction of sp³-hybridized carbons (Fsp3) is 0.0909. The summed E-state index contributed by atoms with van der Waals surface area (Å²) in [6.07, 6.45) is 2.78. The van der Waals surface area contributed by atoms with E-state index in [-0.39, 0.29) is 28.2 Å². The van der Waals surface area contributed by atoms with Crippen LogP contribution < -0.4 is 4.74 Å². The van der Waals surface area contributed by atoms with E-state index in [0.717, 1.165) is 0 Å². The molecule has 8 heteroatoms. The molecule has 2 aromatic rings. The lowest BCUT2D eigenvalue weighted by Gasteiger charge is -2.07. The Hall–Kier alpha value is -1.92. The lowest BCUT2D eigenvalue weighted by Crippen LogP contribution is -2.01. The minimum atomic E-state index is -0.561. The van der Waals surface area contributed by atoms with Crippen molar-refractivity contribution in [1.82, 2.24) is 9.97 Å². The van der Waals surface area contributed by atoms with E-state index in [1.54, 1.807) is 0 Å². The van der Waals surface area contributed by atoms with Crippen LogP contribution in [-0.4, -0.2) is 14.9 Å². The molecule has 0 amide bonds. The highest BCUT2D eigenvalue weighted by atomic mass is 35.5. The van der Waals surface area contributed by atoms with Crippen LogP contribution in [0.1, 0.15) is 5.69 Å². The Morgan fingerprint density at radius 2 is 2.05 bits per heavy atom. The Kier molecular flexibility index (Phi) is 4.13. The van der Waals surface area contributed by atoms with Gasteiger partial charge in [-0.25, -0.2) is 4.98 Å². The third-order valence-electron chi connectivity index (χ3n) is 2.18. The summed E-state index contributed by atoms with van der Waals surface area (Å²) in [4.78, 5) is 18.1. The van der Waals surface area contributed by atoms with E-state index in [1.165, 1.54) is 30.6 Å². The van der Waals surface area contributed by atoms with Gasteiger partial charge in [-0.1, -0.05) is 29.3 Å². The van der Waals surface area contributed by atoms with E-state index in [2.05, 4.69) is 9.97 Å². The average Bonchev–Trinajstić information content (AvgIpc) is 2.39. The quantitative estimate of drug-likeness (QED) is 0.639. The van der Waals surface area contributed by atoms with Crippen LogP contribution in [0.4, 0.5) is 5.69 Å². The highest BCUT2D eigenvalue weighted by Crippen LogP contribution is 2.34. The Balaban J connectivity index is 2.19. The Labute approximate surface area is 118 Å². The van der Waals surface area contributed by atoms with Crippen LogP contribution in [0.25, 0.3) is 0 Å². The lowest BCUT2D eigenvalue weighted by molar-refractivity contribution is -0.385. The first-order chi connectivity index (χ1) is 9.08. The molecule has 2 rings (SSSR count). The number of halogens is 2. The van der Waals surface area contributed by atoms with E-state index < -0.39 is 4.92 Å². The SMILES string of the molecule is O=[N+]([O-])c1cccc(Cl)c1OCc1cnc(Cl)cn1. The van der Waals surface area contributed by atoms with Crippen LogP contribution in [0, 0.1) is 10.1 Å². The fourth-order valence-corrected chi connectivity index (χ4v) is 1.67.